The van der Waals surface area contributed by atoms with Crippen LogP contribution in [0.1, 0.15) is 53.8 Å². The Morgan fingerprint density at radius 1 is 1.10 bits per heavy atom. The van der Waals surface area contributed by atoms with Gasteiger partial charge in [0.1, 0.15) is 42.3 Å². The van der Waals surface area contributed by atoms with Gasteiger partial charge in [-0.3, -0.25) is 4.79 Å². The molecule has 0 saturated carbocycles. The molecule has 0 bridgehead atoms. The SMILES string of the molecule is COc1ccc(CNc2nc(N3CCC[C@H]3COC(=O)OCCCC[C@@H](CO[N+](=O)[O-])O[N+](=O)[O-])ncc2C(=O)NCc2ncccn2)cc1Cl. The van der Waals surface area contributed by atoms with Crippen molar-refractivity contribution in [3.8, 4) is 5.75 Å². The highest BCUT2D eigenvalue weighted by molar-refractivity contribution is 6.32. The van der Waals surface area contributed by atoms with Gasteiger partial charge in [-0.05, 0) is 55.9 Å². The van der Waals surface area contributed by atoms with Gasteiger partial charge in [-0.15, -0.1) is 20.2 Å². The van der Waals surface area contributed by atoms with Crippen molar-refractivity contribution in [1.82, 2.24) is 25.3 Å². The molecule has 2 N–H and O–H groups in total. The first kappa shape index (κ1) is 38.0. The predicted molar refractivity (Wildman–Crippen MR) is 177 cm³/mol. The minimum absolute atomic E-state index is 0.0222. The lowest BCUT2D eigenvalue weighted by molar-refractivity contribution is -0.790. The molecule has 0 spiro atoms. The number of amides is 1. The Balaban J connectivity index is 1.34. The lowest BCUT2D eigenvalue weighted by atomic mass is 10.2. The minimum Gasteiger partial charge on any atom is -0.495 e. The number of ether oxygens (including phenoxy) is 3. The number of hydrogen-bond donors (Lipinski definition) is 2. The maximum atomic E-state index is 13.2. The molecule has 1 saturated heterocycles. The molecule has 21 heteroatoms. The standard InChI is InChI=1S/C30H36ClN9O11/c1-47-25-9-8-20(14-24(25)31)15-34-27-23(28(41)35-17-26-32-10-5-11-33-26)16-36-29(37-27)38-12-4-6-21(38)18-49-30(42)48-13-3-2-7-22(51-40(45)46)19-50-39(43)44/h5,8-11,14,16,21-22H,2-4,6-7,12-13,15,17-19H2,1H3,(H,35,41)(H,34,36,37)/t21-,22-/m0/s1. The summed E-state index contributed by atoms with van der Waals surface area (Å²) >= 11 is 6.31. The maximum absolute atomic E-state index is 13.2. The average molecular weight is 734 g/mol. The highest BCUT2D eigenvalue weighted by Crippen LogP contribution is 2.27. The number of methoxy groups -OCH3 is 1. The normalized spacial score (nSPS) is 14.2. The number of aromatic nitrogens is 4. The van der Waals surface area contributed by atoms with E-state index in [1.165, 1.54) is 13.3 Å². The average Bonchev–Trinajstić information content (AvgIpc) is 3.60. The Labute approximate surface area is 296 Å². The Morgan fingerprint density at radius 2 is 1.90 bits per heavy atom. The van der Waals surface area contributed by atoms with Crippen molar-refractivity contribution in [3.05, 3.63) is 85.1 Å². The van der Waals surface area contributed by atoms with E-state index >= 15 is 0 Å². The zero-order valence-electron chi connectivity index (χ0n) is 27.5. The Kier molecular flexibility index (Phi) is 14.5. The monoisotopic (exact) mass is 733 g/mol. The van der Waals surface area contributed by atoms with E-state index in [1.54, 1.807) is 30.6 Å². The van der Waals surface area contributed by atoms with Crippen LogP contribution < -0.4 is 20.3 Å². The molecule has 2 atom stereocenters. The summed E-state index contributed by atoms with van der Waals surface area (Å²) in [4.78, 5) is 74.3. The Morgan fingerprint density at radius 3 is 2.63 bits per heavy atom. The van der Waals surface area contributed by atoms with E-state index in [9.17, 15) is 29.8 Å². The van der Waals surface area contributed by atoms with Crippen molar-refractivity contribution in [3.63, 3.8) is 0 Å². The van der Waals surface area contributed by atoms with E-state index in [-0.39, 0.29) is 50.1 Å². The van der Waals surface area contributed by atoms with Gasteiger partial charge in [0.25, 0.3) is 16.1 Å². The van der Waals surface area contributed by atoms with Crippen LogP contribution in [0.15, 0.2) is 42.9 Å². The van der Waals surface area contributed by atoms with Gasteiger partial charge in [0, 0.05) is 31.7 Å². The van der Waals surface area contributed by atoms with Gasteiger partial charge < -0.3 is 39.4 Å². The number of rotatable bonds is 20. The van der Waals surface area contributed by atoms with Crippen LogP contribution in [-0.4, -0.2) is 87.8 Å². The van der Waals surface area contributed by atoms with Crippen molar-refractivity contribution in [2.75, 3.05) is 43.7 Å². The van der Waals surface area contributed by atoms with Crippen LogP contribution in [0.4, 0.5) is 16.6 Å². The molecule has 51 heavy (non-hydrogen) atoms. The summed E-state index contributed by atoms with van der Waals surface area (Å²) in [7, 11) is 1.52. The van der Waals surface area contributed by atoms with Crippen LogP contribution in [0.2, 0.25) is 5.02 Å². The van der Waals surface area contributed by atoms with E-state index in [4.69, 9.17) is 25.8 Å². The second kappa shape index (κ2) is 19.4. The molecule has 1 aliphatic heterocycles. The van der Waals surface area contributed by atoms with Crippen molar-refractivity contribution in [2.24, 2.45) is 0 Å². The van der Waals surface area contributed by atoms with Gasteiger partial charge in [-0.25, -0.2) is 19.7 Å². The van der Waals surface area contributed by atoms with Crippen LogP contribution in [0.3, 0.4) is 0 Å². The topological polar surface area (TPSA) is 245 Å². The largest absolute Gasteiger partial charge is 0.508 e. The molecule has 0 aliphatic carbocycles. The summed E-state index contributed by atoms with van der Waals surface area (Å²) in [6, 6.07) is 6.70. The molecule has 1 fully saturated rings. The first-order valence-electron chi connectivity index (χ1n) is 15.7. The number of unbranched alkanes of at least 4 members (excludes halogenated alkanes) is 1. The molecule has 1 aromatic carbocycles. The molecule has 3 aromatic rings. The molecule has 4 rings (SSSR count). The molecule has 2 aromatic heterocycles. The summed E-state index contributed by atoms with van der Waals surface area (Å²) in [5.41, 5.74) is 0.996. The van der Waals surface area contributed by atoms with Gasteiger partial charge in [0.15, 0.2) is 0 Å². The molecule has 1 amide bonds. The van der Waals surface area contributed by atoms with E-state index in [0.29, 0.717) is 48.4 Å². The number of carbonyl (C=O) groups excluding carboxylic acids is 2. The van der Waals surface area contributed by atoms with Crippen molar-refractivity contribution in [1.29, 1.82) is 0 Å². The van der Waals surface area contributed by atoms with E-state index < -0.39 is 34.9 Å². The first-order chi connectivity index (χ1) is 24.6. The molecule has 1 aliphatic rings. The third-order valence-corrected chi connectivity index (χ3v) is 7.79. The lowest BCUT2D eigenvalue weighted by Crippen LogP contribution is -2.35. The fourth-order valence-electron chi connectivity index (χ4n) is 5.03. The summed E-state index contributed by atoms with van der Waals surface area (Å²) in [5, 5.41) is 25.3. The summed E-state index contributed by atoms with van der Waals surface area (Å²) in [5.74, 6) is 1.09. The number of halogens is 1. The van der Waals surface area contributed by atoms with E-state index in [0.717, 1.165) is 12.0 Å². The number of anilines is 2. The number of benzene rings is 1. The van der Waals surface area contributed by atoms with E-state index in [1.807, 2.05) is 11.0 Å². The minimum atomic E-state index is -1.14. The van der Waals surface area contributed by atoms with Gasteiger partial charge in [0.2, 0.25) is 5.95 Å². The molecular weight excluding hydrogens is 698 g/mol. The Hall–Kier alpha value is -5.79. The third kappa shape index (κ3) is 12.2. The molecule has 0 unspecified atom stereocenters. The van der Waals surface area contributed by atoms with Gasteiger partial charge in [-0.1, -0.05) is 17.7 Å². The fourth-order valence-corrected chi connectivity index (χ4v) is 5.31. The summed E-state index contributed by atoms with van der Waals surface area (Å²) in [6.45, 7) is 0.258. The fraction of sp³-hybridized carbons (Fsp3) is 0.467. The summed E-state index contributed by atoms with van der Waals surface area (Å²) < 4.78 is 15.7. The van der Waals surface area contributed by atoms with Gasteiger partial charge in [0.05, 0.1) is 31.3 Å². The van der Waals surface area contributed by atoms with Crippen LogP contribution in [0, 0.1) is 20.2 Å². The smallest absolute Gasteiger partial charge is 0.495 e. The lowest BCUT2D eigenvalue weighted by Gasteiger charge is -2.25. The van der Waals surface area contributed by atoms with E-state index in [2.05, 4.69) is 40.2 Å². The van der Waals surface area contributed by atoms with Crippen molar-refractivity contribution < 1.29 is 43.6 Å². The second-order valence-corrected chi connectivity index (χ2v) is 11.4. The van der Waals surface area contributed by atoms with Gasteiger partial charge in [-0.2, -0.15) is 4.98 Å². The first-order valence-corrected chi connectivity index (χ1v) is 16.1. The predicted octanol–water partition coefficient (Wildman–Crippen LogP) is 3.55. The molecule has 274 valence electrons. The molecule has 3 heterocycles. The quantitative estimate of drug-likeness (QED) is 0.0729. The highest BCUT2D eigenvalue weighted by atomic mass is 35.5. The second-order valence-electron chi connectivity index (χ2n) is 11.0. The number of nitrogens with zero attached hydrogens (tertiary/aromatic N) is 7. The number of hydrogen-bond acceptors (Lipinski definition) is 17. The maximum Gasteiger partial charge on any atom is 0.508 e. The third-order valence-electron chi connectivity index (χ3n) is 7.49. The zero-order chi connectivity index (χ0) is 36.6. The molecule has 0 radical (unpaired) electrons. The van der Waals surface area contributed by atoms with Crippen molar-refractivity contribution >= 4 is 35.4 Å². The zero-order valence-corrected chi connectivity index (χ0v) is 28.2. The van der Waals surface area contributed by atoms with Crippen LogP contribution in [0.5, 0.6) is 5.75 Å². The molecular formula is C30H36ClN9O11. The number of nitrogens with one attached hydrogen (secondary N) is 2. The van der Waals surface area contributed by atoms with Crippen molar-refractivity contribution in [2.45, 2.75) is 57.3 Å². The van der Waals surface area contributed by atoms with Crippen LogP contribution in [0.25, 0.3) is 0 Å². The van der Waals surface area contributed by atoms with Crippen LogP contribution >= 0.6 is 11.6 Å². The highest BCUT2D eigenvalue weighted by Gasteiger charge is 2.29. The van der Waals surface area contributed by atoms with Gasteiger partial charge >= 0.3 is 6.16 Å². The van der Waals surface area contributed by atoms with Crippen LogP contribution in [-0.2, 0) is 32.2 Å². The number of carbonyl (C=O) groups is 2. The Bertz CT molecular complexity index is 1640. The summed E-state index contributed by atoms with van der Waals surface area (Å²) in [6.07, 6.45) is 4.63. The molecule has 20 nitrogen and oxygen atoms in total.